The van der Waals surface area contributed by atoms with Gasteiger partial charge in [0, 0.05) is 50.8 Å². The molecular weight excluding hydrogens is 460 g/mol. The Morgan fingerprint density at radius 3 is 2.72 bits per heavy atom. The van der Waals surface area contributed by atoms with Crippen LogP contribution in [0.1, 0.15) is 77.6 Å². The van der Waals surface area contributed by atoms with Crippen LogP contribution in [0.4, 0.5) is 4.79 Å². The molecule has 0 spiro atoms. The van der Waals surface area contributed by atoms with Gasteiger partial charge in [-0.15, -0.1) is 0 Å². The quantitative estimate of drug-likeness (QED) is 0.593. The number of piperidine rings is 1. The molecule has 190 valence electrons. The van der Waals surface area contributed by atoms with E-state index >= 15 is 0 Å². The van der Waals surface area contributed by atoms with Gasteiger partial charge in [-0.25, -0.2) is 4.79 Å². The van der Waals surface area contributed by atoms with E-state index < -0.39 is 5.54 Å². The van der Waals surface area contributed by atoms with Crippen molar-refractivity contribution in [1.82, 2.24) is 20.1 Å². The van der Waals surface area contributed by atoms with E-state index in [1.54, 1.807) is 11.1 Å². The summed E-state index contributed by atoms with van der Waals surface area (Å²) < 4.78 is 5.54. The van der Waals surface area contributed by atoms with Crippen LogP contribution in [0.25, 0.3) is 0 Å². The first kappa shape index (κ1) is 24.2. The van der Waals surface area contributed by atoms with Crippen LogP contribution < -0.4 is 5.32 Å². The fourth-order valence-corrected chi connectivity index (χ4v) is 5.99. The van der Waals surface area contributed by atoms with Crippen LogP contribution in [0.2, 0.25) is 0 Å². The molecule has 9 nitrogen and oxygen atoms in total. The average molecular weight is 493 g/mol. The van der Waals surface area contributed by atoms with Crippen molar-refractivity contribution in [3.05, 3.63) is 53.2 Å². The third kappa shape index (κ3) is 4.20. The summed E-state index contributed by atoms with van der Waals surface area (Å²) in [5.41, 5.74) is 0.674. The highest BCUT2D eigenvalue weighted by Gasteiger charge is 2.55. The normalized spacial score (nSPS) is 22.6. The summed E-state index contributed by atoms with van der Waals surface area (Å²) in [6.45, 7) is 3.21. The zero-order valence-corrected chi connectivity index (χ0v) is 20.6. The van der Waals surface area contributed by atoms with Crippen molar-refractivity contribution < 1.29 is 23.6 Å². The fraction of sp³-hybridized carbons (Fsp3) is 0.519. The predicted octanol–water partition coefficient (Wildman–Crippen LogP) is 3.38. The molecule has 0 bridgehead atoms. The number of hydrogen-bond acceptors (Lipinski definition) is 6. The number of aromatic nitrogens is 1. The average Bonchev–Trinajstić information content (AvgIpc) is 3.43. The van der Waals surface area contributed by atoms with E-state index in [1.807, 2.05) is 25.1 Å². The molecule has 0 radical (unpaired) electrons. The molecule has 36 heavy (non-hydrogen) atoms. The van der Waals surface area contributed by atoms with E-state index in [-0.39, 0.29) is 36.1 Å². The molecule has 0 aromatic carbocycles. The van der Waals surface area contributed by atoms with Crippen LogP contribution in [0.15, 0.2) is 35.1 Å². The largest absolute Gasteiger partial charge is 0.468 e. The molecule has 2 aromatic heterocycles. The summed E-state index contributed by atoms with van der Waals surface area (Å²) in [4.78, 5) is 59.6. The number of furan rings is 1. The summed E-state index contributed by atoms with van der Waals surface area (Å²) in [6.07, 6.45) is 7.98. The van der Waals surface area contributed by atoms with Gasteiger partial charge < -0.3 is 14.6 Å². The third-order valence-electron chi connectivity index (χ3n) is 7.83. The molecule has 5 rings (SSSR count). The monoisotopic (exact) mass is 492 g/mol. The Kier molecular flexibility index (Phi) is 6.64. The number of carbonyl (C=O) groups excluding carboxylic acids is 4. The van der Waals surface area contributed by atoms with Crippen molar-refractivity contribution in [2.75, 3.05) is 19.6 Å². The zero-order chi connectivity index (χ0) is 25.3. The Bertz CT molecular complexity index is 1170. The van der Waals surface area contributed by atoms with Crippen LogP contribution in [-0.2, 0) is 17.6 Å². The highest BCUT2D eigenvalue weighted by Crippen LogP contribution is 2.38. The van der Waals surface area contributed by atoms with Crippen LogP contribution >= 0.6 is 0 Å². The highest BCUT2D eigenvalue weighted by atomic mass is 16.3. The van der Waals surface area contributed by atoms with E-state index in [4.69, 9.17) is 4.42 Å². The first-order valence-corrected chi connectivity index (χ1v) is 12.9. The lowest BCUT2D eigenvalue weighted by Gasteiger charge is -2.41. The lowest BCUT2D eigenvalue weighted by molar-refractivity contribution is -0.134. The Balaban J connectivity index is 1.27. The second kappa shape index (κ2) is 9.87. The number of Topliss-reactive ketones (excluding diaryl/α,β-unsaturated/α-hetero) is 1. The molecule has 1 atom stereocenters. The van der Waals surface area contributed by atoms with Crippen molar-refractivity contribution in [2.24, 2.45) is 5.92 Å². The number of pyridine rings is 1. The number of nitrogens with one attached hydrogen (secondary N) is 1. The Morgan fingerprint density at radius 1 is 1.19 bits per heavy atom. The molecule has 0 saturated carbocycles. The molecule has 1 unspecified atom stereocenters. The van der Waals surface area contributed by atoms with E-state index in [1.165, 1.54) is 11.2 Å². The van der Waals surface area contributed by atoms with Crippen LogP contribution in [-0.4, -0.2) is 63.6 Å². The van der Waals surface area contributed by atoms with Gasteiger partial charge in [-0.2, -0.15) is 0 Å². The SMILES string of the molecule is CCCC1(C2CCN(C(=O)c3coc4c3C(=O)CCC4)CC2)NC(=O)N(CCc2ccccn2)C1=O. The van der Waals surface area contributed by atoms with Gasteiger partial charge in [-0.1, -0.05) is 19.4 Å². The molecule has 1 aliphatic carbocycles. The first-order valence-electron chi connectivity index (χ1n) is 12.9. The van der Waals surface area contributed by atoms with Crippen molar-refractivity contribution in [1.29, 1.82) is 0 Å². The van der Waals surface area contributed by atoms with Crippen molar-refractivity contribution >= 4 is 23.6 Å². The van der Waals surface area contributed by atoms with Crippen LogP contribution in [0.5, 0.6) is 0 Å². The first-order chi connectivity index (χ1) is 17.4. The Morgan fingerprint density at radius 2 is 2.00 bits per heavy atom. The molecule has 2 saturated heterocycles. The molecule has 4 amide bonds. The number of likely N-dealkylation sites (tertiary alicyclic amines) is 1. The zero-order valence-electron chi connectivity index (χ0n) is 20.6. The maximum absolute atomic E-state index is 13.6. The minimum absolute atomic E-state index is 0.0322. The second-order valence-corrected chi connectivity index (χ2v) is 9.97. The van der Waals surface area contributed by atoms with Gasteiger partial charge in [0.2, 0.25) is 0 Å². The topological polar surface area (TPSA) is 113 Å². The number of ketones is 1. The summed E-state index contributed by atoms with van der Waals surface area (Å²) in [5.74, 6) is 0.130. The minimum Gasteiger partial charge on any atom is -0.468 e. The second-order valence-electron chi connectivity index (χ2n) is 9.97. The Labute approximate surface area is 210 Å². The van der Waals surface area contributed by atoms with Crippen LogP contribution in [0, 0.1) is 5.92 Å². The van der Waals surface area contributed by atoms with Gasteiger partial charge in [0.25, 0.3) is 11.8 Å². The van der Waals surface area contributed by atoms with Crippen molar-refractivity contribution in [3.8, 4) is 0 Å². The third-order valence-corrected chi connectivity index (χ3v) is 7.83. The van der Waals surface area contributed by atoms with Gasteiger partial charge in [-0.05, 0) is 43.7 Å². The van der Waals surface area contributed by atoms with E-state index in [0.29, 0.717) is 68.5 Å². The number of aryl methyl sites for hydroxylation is 1. The molecule has 2 aliphatic heterocycles. The highest BCUT2D eigenvalue weighted by molar-refractivity contribution is 6.09. The number of nitrogens with zero attached hydrogens (tertiary/aromatic N) is 3. The molecule has 1 N–H and O–H groups in total. The number of rotatable bonds is 7. The van der Waals surface area contributed by atoms with E-state index in [2.05, 4.69) is 10.3 Å². The summed E-state index contributed by atoms with van der Waals surface area (Å²) >= 11 is 0. The van der Waals surface area contributed by atoms with E-state index in [0.717, 1.165) is 18.5 Å². The molecule has 4 heterocycles. The number of amides is 4. The standard InChI is InChI=1S/C27H32N4O5/c1-2-12-27(25(34)31(26(35)29-27)16-11-19-6-3-4-13-28-19)18-9-14-30(15-10-18)24(33)20-17-36-22-8-5-7-21(32)23(20)22/h3-4,6,13,17-18H,2,5,7-12,14-16H2,1H3,(H,29,35). The number of urea groups is 1. The minimum atomic E-state index is -0.949. The van der Waals surface area contributed by atoms with Crippen molar-refractivity contribution in [3.63, 3.8) is 0 Å². The number of fused-ring (bicyclic) bond motifs is 1. The number of carbonyl (C=O) groups is 4. The van der Waals surface area contributed by atoms with Gasteiger partial charge in [0.1, 0.15) is 17.6 Å². The van der Waals surface area contributed by atoms with Crippen molar-refractivity contribution in [2.45, 2.75) is 63.8 Å². The Hall–Kier alpha value is -3.49. The lowest BCUT2D eigenvalue weighted by Crippen LogP contribution is -2.56. The molecular formula is C27H32N4O5. The number of hydrogen-bond donors (Lipinski definition) is 1. The molecule has 3 aliphatic rings. The number of imide groups is 1. The van der Waals surface area contributed by atoms with Gasteiger partial charge in [0.05, 0.1) is 11.1 Å². The summed E-state index contributed by atoms with van der Waals surface area (Å²) in [7, 11) is 0. The maximum Gasteiger partial charge on any atom is 0.325 e. The van der Waals surface area contributed by atoms with Gasteiger partial charge in [0.15, 0.2) is 5.78 Å². The molecule has 9 heteroatoms. The lowest BCUT2D eigenvalue weighted by atomic mass is 9.74. The van der Waals surface area contributed by atoms with Gasteiger partial charge >= 0.3 is 6.03 Å². The smallest absolute Gasteiger partial charge is 0.325 e. The van der Waals surface area contributed by atoms with E-state index in [9.17, 15) is 19.2 Å². The van der Waals surface area contributed by atoms with Gasteiger partial charge in [-0.3, -0.25) is 24.3 Å². The summed E-state index contributed by atoms with van der Waals surface area (Å²) in [5, 5.41) is 3.05. The maximum atomic E-state index is 13.6. The molecule has 2 aromatic rings. The fourth-order valence-electron chi connectivity index (χ4n) is 5.99. The summed E-state index contributed by atoms with van der Waals surface area (Å²) in [6, 6.07) is 5.25. The van der Waals surface area contributed by atoms with Crippen LogP contribution in [0.3, 0.4) is 0 Å². The molecule has 2 fully saturated rings. The predicted molar refractivity (Wildman–Crippen MR) is 130 cm³/mol.